The topological polar surface area (TPSA) is 178 Å². The van der Waals surface area contributed by atoms with Gasteiger partial charge in [0.1, 0.15) is 18.0 Å². The van der Waals surface area contributed by atoms with E-state index in [0.717, 1.165) is 29.1 Å². The van der Waals surface area contributed by atoms with Gasteiger partial charge in [-0.05, 0) is 81.0 Å². The first-order valence-corrected chi connectivity index (χ1v) is 13.4. The number of carboxylic acids is 1. The second kappa shape index (κ2) is 13.1. The number of amides is 3. The molecule has 0 atom stereocenters. The molecule has 1 aliphatic rings. The molecule has 0 fully saturated rings. The highest BCUT2D eigenvalue weighted by Crippen LogP contribution is 2.23. The molecule has 1 aliphatic carbocycles. The Labute approximate surface area is 236 Å². The number of hydrogen-bond acceptors (Lipinski definition) is 8. The fourth-order valence-electron chi connectivity index (χ4n) is 3.98. The highest BCUT2D eigenvalue weighted by molar-refractivity contribution is 7.13. The van der Waals surface area contributed by atoms with E-state index in [1.165, 1.54) is 22.9 Å². The number of carbonyl (C=O) groups excluding carboxylic acids is 3. The molecule has 2 aromatic carbocycles. The lowest BCUT2D eigenvalue weighted by Gasteiger charge is -2.20. The number of anilines is 2. The number of nitrogen functional groups attached to an aromatic ring is 1. The molecule has 11 nitrogen and oxygen atoms in total. The Bertz CT molecular complexity index is 1400. The van der Waals surface area contributed by atoms with Crippen molar-refractivity contribution in [3.05, 3.63) is 75.7 Å². The Morgan fingerprint density at radius 1 is 1.07 bits per heavy atom. The molecule has 6 N–H and O–H groups in total. The van der Waals surface area contributed by atoms with Crippen molar-refractivity contribution in [2.24, 2.45) is 5.73 Å². The molecule has 4 rings (SSSR count). The van der Waals surface area contributed by atoms with Crippen LogP contribution in [0.25, 0.3) is 0 Å². The van der Waals surface area contributed by atoms with Gasteiger partial charge in [-0.15, -0.1) is 11.3 Å². The summed E-state index contributed by atoms with van der Waals surface area (Å²) in [5.74, 6) is -1.87. The standard InChI is InChI=1S/C18H22N4O5S.C10H11NO/c1-18(2,3)27-17(26)20-8-11-5-4-6-12(7-11)15(25)22(9-14(23)24)13-10-28-16(19)21-13;11-10(12)9-5-4-7-2-1-3-8(7)6-9/h4-7,10H,8-9H2,1-3H3,(H2,19,21)(H,20,26)(H,23,24);4-6H,1-3H2,(H2,11,12). The van der Waals surface area contributed by atoms with E-state index in [2.05, 4.69) is 10.3 Å². The van der Waals surface area contributed by atoms with Crippen LogP contribution in [0.3, 0.4) is 0 Å². The normalized spacial score (nSPS) is 12.0. The number of benzene rings is 2. The Hall–Kier alpha value is -4.45. The maximum absolute atomic E-state index is 12.8. The van der Waals surface area contributed by atoms with Gasteiger partial charge in [0.25, 0.3) is 5.91 Å². The summed E-state index contributed by atoms with van der Waals surface area (Å²) in [7, 11) is 0. The van der Waals surface area contributed by atoms with Crippen LogP contribution < -0.4 is 21.7 Å². The minimum absolute atomic E-state index is 0.151. The highest BCUT2D eigenvalue weighted by atomic mass is 32.1. The average Bonchev–Trinajstić information content (AvgIpc) is 3.53. The number of nitrogens with two attached hydrogens (primary N) is 2. The van der Waals surface area contributed by atoms with Crippen LogP contribution >= 0.6 is 11.3 Å². The van der Waals surface area contributed by atoms with Crippen molar-refractivity contribution in [2.75, 3.05) is 17.2 Å². The lowest BCUT2D eigenvalue weighted by atomic mass is 10.1. The number of thiazole rings is 1. The third-order valence-electron chi connectivity index (χ3n) is 5.72. The maximum Gasteiger partial charge on any atom is 0.407 e. The van der Waals surface area contributed by atoms with E-state index in [9.17, 15) is 19.2 Å². The van der Waals surface area contributed by atoms with Gasteiger partial charge in [-0.2, -0.15) is 0 Å². The SMILES string of the molecule is CC(C)(C)OC(=O)NCc1cccc(C(=O)N(CC(=O)O)c2csc(N)n2)c1.NC(=O)c1ccc2c(c1)CCC2. The van der Waals surface area contributed by atoms with E-state index in [0.29, 0.717) is 11.1 Å². The van der Waals surface area contributed by atoms with Gasteiger partial charge in [-0.25, -0.2) is 9.78 Å². The minimum atomic E-state index is -1.18. The van der Waals surface area contributed by atoms with Crippen LogP contribution in [0.5, 0.6) is 0 Å². The van der Waals surface area contributed by atoms with Crippen LogP contribution in [-0.4, -0.2) is 46.1 Å². The number of ether oxygens (including phenoxy) is 1. The van der Waals surface area contributed by atoms with Crippen molar-refractivity contribution in [3.8, 4) is 0 Å². The summed E-state index contributed by atoms with van der Waals surface area (Å²) in [6.45, 7) is 4.87. The van der Waals surface area contributed by atoms with Gasteiger partial charge in [0.15, 0.2) is 5.13 Å². The number of alkyl carbamates (subject to hydrolysis) is 1. The molecule has 0 aliphatic heterocycles. The summed E-state index contributed by atoms with van der Waals surface area (Å²) < 4.78 is 5.17. The second-order valence-electron chi connectivity index (χ2n) is 10.1. The van der Waals surface area contributed by atoms with Crippen LogP contribution in [0.1, 0.15) is 64.6 Å². The van der Waals surface area contributed by atoms with Crippen molar-refractivity contribution in [1.82, 2.24) is 10.3 Å². The number of aromatic nitrogens is 1. The summed E-state index contributed by atoms with van der Waals surface area (Å²) in [5, 5.41) is 13.5. The molecular weight excluding hydrogens is 534 g/mol. The molecule has 1 aromatic heterocycles. The van der Waals surface area contributed by atoms with Crippen molar-refractivity contribution >= 4 is 46.2 Å². The molecule has 3 amide bonds. The van der Waals surface area contributed by atoms with E-state index in [1.807, 2.05) is 18.2 Å². The average molecular weight is 568 g/mol. The predicted octanol–water partition coefficient (Wildman–Crippen LogP) is 3.76. The van der Waals surface area contributed by atoms with Crippen molar-refractivity contribution in [2.45, 2.75) is 52.2 Å². The van der Waals surface area contributed by atoms with Crippen molar-refractivity contribution in [1.29, 1.82) is 0 Å². The first-order chi connectivity index (χ1) is 18.8. The lowest BCUT2D eigenvalue weighted by Crippen LogP contribution is -2.36. The summed E-state index contributed by atoms with van der Waals surface area (Å²) in [5.41, 5.74) is 14.4. The van der Waals surface area contributed by atoms with Gasteiger partial charge in [-0.3, -0.25) is 19.3 Å². The number of nitrogens with one attached hydrogen (secondary N) is 1. The van der Waals surface area contributed by atoms with Gasteiger partial charge in [0.2, 0.25) is 5.91 Å². The Kier molecular flexibility index (Phi) is 9.83. The van der Waals surface area contributed by atoms with E-state index in [1.54, 1.807) is 45.0 Å². The quantitative estimate of drug-likeness (QED) is 0.333. The fraction of sp³-hybridized carbons (Fsp3) is 0.321. The van der Waals surface area contributed by atoms with Crippen LogP contribution in [0.4, 0.5) is 15.7 Å². The van der Waals surface area contributed by atoms with Gasteiger partial charge >= 0.3 is 12.1 Å². The summed E-state index contributed by atoms with van der Waals surface area (Å²) in [6, 6.07) is 12.3. The van der Waals surface area contributed by atoms with Crippen LogP contribution in [-0.2, 0) is 28.9 Å². The first kappa shape index (κ1) is 30.1. The zero-order valence-electron chi connectivity index (χ0n) is 22.6. The molecule has 0 unspecified atom stereocenters. The molecule has 40 heavy (non-hydrogen) atoms. The number of carbonyl (C=O) groups is 4. The molecule has 0 bridgehead atoms. The number of aliphatic carboxylic acids is 1. The van der Waals surface area contributed by atoms with Gasteiger partial charge in [0, 0.05) is 23.1 Å². The van der Waals surface area contributed by atoms with Crippen molar-refractivity contribution < 1.29 is 29.0 Å². The molecule has 3 aromatic rings. The summed E-state index contributed by atoms with van der Waals surface area (Å²) in [4.78, 5) is 51.6. The number of rotatable bonds is 7. The van der Waals surface area contributed by atoms with Gasteiger partial charge in [0.05, 0.1) is 0 Å². The second-order valence-corrected chi connectivity index (χ2v) is 11.0. The van der Waals surface area contributed by atoms with Crippen LogP contribution in [0.15, 0.2) is 47.8 Å². The van der Waals surface area contributed by atoms with E-state index >= 15 is 0 Å². The number of fused-ring (bicyclic) bond motifs is 1. The van der Waals surface area contributed by atoms with Crippen LogP contribution in [0.2, 0.25) is 0 Å². The Morgan fingerprint density at radius 2 is 1.80 bits per heavy atom. The van der Waals surface area contributed by atoms with Gasteiger partial charge in [-0.1, -0.05) is 18.2 Å². The number of primary amides is 1. The van der Waals surface area contributed by atoms with Gasteiger partial charge < -0.3 is 26.6 Å². The number of carboxylic acid groups (broad SMARTS) is 1. The van der Waals surface area contributed by atoms with Crippen molar-refractivity contribution in [3.63, 3.8) is 0 Å². The van der Waals surface area contributed by atoms with E-state index < -0.39 is 30.1 Å². The summed E-state index contributed by atoms with van der Waals surface area (Å²) in [6.07, 6.45) is 2.87. The molecule has 212 valence electrons. The molecule has 0 saturated heterocycles. The number of aryl methyl sites for hydroxylation is 2. The molecule has 0 spiro atoms. The molecule has 1 heterocycles. The first-order valence-electron chi connectivity index (χ1n) is 12.5. The maximum atomic E-state index is 12.8. The minimum Gasteiger partial charge on any atom is -0.480 e. The molecule has 0 saturated carbocycles. The summed E-state index contributed by atoms with van der Waals surface area (Å²) >= 11 is 1.11. The molecular formula is C28H33N5O6S. The zero-order valence-corrected chi connectivity index (χ0v) is 23.4. The third-order valence-corrected chi connectivity index (χ3v) is 6.38. The lowest BCUT2D eigenvalue weighted by molar-refractivity contribution is -0.135. The largest absolute Gasteiger partial charge is 0.480 e. The van der Waals surface area contributed by atoms with Crippen LogP contribution in [0, 0.1) is 0 Å². The smallest absolute Gasteiger partial charge is 0.407 e. The molecule has 0 radical (unpaired) electrons. The monoisotopic (exact) mass is 567 g/mol. The zero-order chi connectivity index (χ0) is 29.4. The Morgan fingerprint density at radius 3 is 2.42 bits per heavy atom. The van der Waals surface area contributed by atoms with E-state index in [-0.39, 0.29) is 29.0 Å². The van der Waals surface area contributed by atoms with E-state index in [4.69, 9.17) is 21.3 Å². The Balaban J connectivity index is 0.000000302. The fourth-order valence-corrected chi connectivity index (χ4v) is 4.53. The number of hydrogen-bond donors (Lipinski definition) is 4. The highest BCUT2D eigenvalue weighted by Gasteiger charge is 2.23. The number of nitrogens with zero attached hydrogens (tertiary/aromatic N) is 2. The molecule has 12 heteroatoms. The third kappa shape index (κ3) is 8.80. The predicted molar refractivity (Wildman–Crippen MR) is 152 cm³/mol.